The van der Waals surface area contributed by atoms with Gasteiger partial charge in [0.2, 0.25) is 5.82 Å². The number of aromatic carboxylic acids is 1. The van der Waals surface area contributed by atoms with Crippen LogP contribution in [0.25, 0.3) is 5.78 Å². The molecule has 0 unspecified atom stereocenters. The topological polar surface area (TPSA) is 176 Å². The van der Waals surface area contributed by atoms with E-state index in [0.29, 0.717) is 18.4 Å². The van der Waals surface area contributed by atoms with E-state index in [9.17, 15) is 19.5 Å². The number of carbonyl (C=O) groups excluding carboxylic acids is 2. The molecule has 144 valence electrons. The molecule has 0 spiro atoms. The van der Waals surface area contributed by atoms with E-state index in [1.165, 1.54) is 0 Å². The summed E-state index contributed by atoms with van der Waals surface area (Å²) < 4.78 is 0.841. The lowest BCUT2D eigenvalue weighted by molar-refractivity contribution is 0.0686. The number of rotatable bonds is 4. The van der Waals surface area contributed by atoms with Crippen LogP contribution in [0.2, 0.25) is 0 Å². The Hall–Kier alpha value is -4.33. The quantitative estimate of drug-likeness (QED) is 0.565. The molecular formula is C18H13N7O4. The minimum Gasteiger partial charge on any atom is -0.477 e. The number of carboxylic acids is 1. The van der Waals surface area contributed by atoms with Crippen LogP contribution in [0.4, 0.5) is 0 Å². The van der Waals surface area contributed by atoms with Crippen molar-refractivity contribution in [3.8, 4) is 6.07 Å². The van der Waals surface area contributed by atoms with Gasteiger partial charge >= 0.3 is 5.97 Å². The van der Waals surface area contributed by atoms with Gasteiger partial charge in [-0.25, -0.2) is 9.78 Å². The molecule has 0 saturated carbocycles. The van der Waals surface area contributed by atoms with Gasteiger partial charge in [0.05, 0.1) is 17.7 Å². The Bertz CT molecular complexity index is 1240. The zero-order valence-electron chi connectivity index (χ0n) is 14.8. The maximum atomic E-state index is 12.7. The first-order valence-electron chi connectivity index (χ1n) is 8.52. The first-order valence-corrected chi connectivity index (χ1v) is 8.52. The van der Waals surface area contributed by atoms with Crippen molar-refractivity contribution in [2.75, 3.05) is 0 Å². The Labute approximate surface area is 162 Å². The van der Waals surface area contributed by atoms with Crippen LogP contribution in [0.15, 0.2) is 24.3 Å². The van der Waals surface area contributed by atoms with E-state index >= 15 is 0 Å². The number of hydrogen-bond donors (Lipinski definition) is 3. The molecule has 0 radical (unpaired) electrons. The van der Waals surface area contributed by atoms with E-state index in [-0.39, 0.29) is 23.2 Å². The number of primary amides is 1. The number of benzene rings is 1. The molecule has 0 aliphatic heterocycles. The van der Waals surface area contributed by atoms with Crippen molar-refractivity contribution in [2.24, 2.45) is 5.73 Å². The Morgan fingerprint density at radius 3 is 2.76 bits per heavy atom. The first kappa shape index (κ1) is 18.1. The van der Waals surface area contributed by atoms with Crippen LogP contribution in [0.1, 0.15) is 60.7 Å². The average molecular weight is 391 g/mol. The van der Waals surface area contributed by atoms with Gasteiger partial charge in [0.1, 0.15) is 5.69 Å². The predicted octanol–water partition coefficient (Wildman–Crippen LogP) is 0.210. The third kappa shape index (κ3) is 3.12. The summed E-state index contributed by atoms with van der Waals surface area (Å²) in [4.78, 5) is 43.3. The highest BCUT2D eigenvalue weighted by Crippen LogP contribution is 2.31. The summed E-state index contributed by atoms with van der Waals surface area (Å²) in [5.41, 5.74) is 6.99. The predicted molar refractivity (Wildman–Crippen MR) is 95.9 cm³/mol. The first-order chi connectivity index (χ1) is 13.9. The van der Waals surface area contributed by atoms with Gasteiger partial charge in [0.15, 0.2) is 5.69 Å². The second-order valence-corrected chi connectivity index (χ2v) is 6.43. The number of aromatic nitrogens is 4. The monoisotopic (exact) mass is 391 g/mol. The molecule has 4 N–H and O–H groups in total. The fourth-order valence-corrected chi connectivity index (χ4v) is 3.31. The molecule has 1 aliphatic carbocycles. The molecule has 1 aromatic carbocycles. The van der Waals surface area contributed by atoms with Gasteiger partial charge < -0.3 is 16.2 Å². The highest BCUT2D eigenvalue weighted by Gasteiger charge is 2.26. The van der Waals surface area contributed by atoms with Crippen molar-refractivity contribution in [3.05, 3.63) is 58.2 Å². The summed E-state index contributed by atoms with van der Waals surface area (Å²) in [7, 11) is 0. The number of carboxylic acid groups (broad SMARTS) is 1. The Kier molecular flexibility index (Phi) is 4.16. The van der Waals surface area contributed by atoms with Crippen molar-refractivity contribution >= 4 is 23.6 Å². The highest BCUT2D eigenvalue weighted by atomic mass is 16.4. The van der Waals surface area contributed by atoms with Crippen molar-refractivity contribution in [3.63, 3.8) is 0 Å². The van der Waals surface area contributed by atoms with E-state index in [0.717, 1.165) is 21.7 Å². The summed E-state index contributed by atoms with van der Waals surface area (Å²) in [5, 5.41) is 25.0. The number of nitrogens with two attached hydrogens (primary N) is 1. The number of carbonyl (C=O) groups is 3. The van der Waals surface area contributed by atoms with Gasteiger partial charge in [0, 0.05) is 6.07 Å². The smallest absolute Gasteiger partial charge is 0.354 e. The lowest BCUT2D eigenvalue weighted by Gasteiger charge is -2.14. The lowest BCUT2D eigenvalue weighted by Crippen LogP contribution is -2.28. The fraction of sp³-hybridized carbons (Fsp3) is 0.167. The average Bonchev–Trinajstić information content (AvgIpc) is 3.30. The molecule has 2 heterocycles. The maximum absolute atomic E-state index is 12.7. The van der Waals surface area contributed by atoms with Gasteiger partial charge in [-0.3, -0.25) is 9.59 Å². The van der Waals surface area contributed by atoms with E-state index in [1.807, 2.05) is 0 Å². The molecule has 11 nitrogen and oxygen atoms in total. The lowest BCUT2D eigenvalue weighted by atomic mass is 10.1. The Balaban J connectivity index is 1.67. The van der Waals surface area contributed by atoms with Gasteiger partial charge in [-0.05, 0) is 36.1 Å². The molecule has 0 bridgehead atoms. The minimum absolute atomic E-state index is 0.180. The molecule has 1 aliphatic rings. The molecule has 29 heavy (non-hydrogen) atoms. The van der Waals surface area contributed by atoms with Gasteiger partial charge in [-0.15, -0.1) is 5.10 Å². The van der Waals surface area contributed by atoms with E-state index in [1.54, 1.807) is 18.2 Å². The molecule has 0 saturated heterocycles. The number of amides is 2. The molecule has 1 atom stereocenters. The zero-order valence-corrected chi connectivity index (χ0v) is 14.8. The van der Waals surface area contributed by atoms with Crippen LogP contribution >= 0.6 is 0 Å². The van der Waals surface area contributed by atoms with Crippen LogP contribution in [0.3, 0.4) is 0 Å². The largest absolute Gasteiger partial charge is 0.477 e. The molecule has 4 rings (SSSR count). The normalized spacial score (nSPS) is 14.9. The van der Waals surface area contributed by atoms with Crippen molar-refractivity contribution in [1.29, 1.82) is 5.26 Å². The van der Waals surface area contributed by atoms with Crippen molar-refractivity contribution < 1.29 is 19.5 Å². The van der Waals surface area contributed by atoms with Gasteiger partial charge in [-0.1, -0.05) is 6.07 Å². The van der Waals surface area contributed by atoms with Crippen LogP contribution in [0.5, 0.6) is 0 Å². The molecular weight excluding hydrogens is 378 g/mol. The second kappa shape index (κ2) is 6.68. The van der Waals surface area contributed by atoms with Crippen molar-refractivity contribution in [1.82, 2.24) is 24.9 Å². The van der Waals surface area contributed by atoms with Crippen LogP contribution in [-0.2, 0) is 6.42 Å². The summed E-state index contributed by atoms with van der Waals surface area (Å²) in [6.07, 6.45) is 1.34. The summed E-state index contributed by atoms with van der Waals surface area (Å²) in [5.74, 6) is -3.55. The zero-order chi connectivity index (χ0) is 20.7. The number of nitrogens with zero attached hydrogens (tertiary/aromatic N) is 5. The van der Waals surface area contributed by atoms with Crippen LogP contribution in [-0.4, -0.2) is 42.5 Å². The highest BCUT2D eigenvalue weighted by molar-refractivity contribution is 5.96. The molecule has 3 aromatic rings. The second-order valence-electron chi connectivity index (χ2n) is 6.43. The van der Waals surface area contributed by atoms with E-state index in [4.69, 9.17) is 11.0 Å². The van der Waals surface area contributed by atoms with E-state index in [2.05, 4.69) is 26.5 Å². The summed E-state index contributed by atoms with van der Waals surface area (Å²) in [6.45, 7) is 0. The summed E-state index contributed by atoms with van der Waals surface area (Å²) in [6, 6.07) is 8.10. The maximum Gasteiger partial charge on any atom is 0.354 e. The molecule has 2 aromatic heterocycles. The number of hydrogen-bond acceptors (Lipinski definition) is 7. The number of nitrogens with one attached hydrogen (secondary N) is 1. The molecule has 2 amide bonds. The Morgan fingerprint density at radius 1 is 1.28 bits per heavy atom. The Morgan fingerprint density at radius 2 is 2.07 bits per heavy atom. The van der Waals surface area contributed by atoms with E-state index < -0.39 is 23.6 Å². The SMILES string of the molecule is N#Cc1ccc2c(c1)CC[C@@H]2NC(=O)c1cc(C(=O)O)n2nc(C(N)=O)nc2n1. The molecule has 11 heteroatoms. The summed E-state index contributed by atoms with van der Waals surface area (Å²) >= 11 is 0. The van der Waals surface area contributed by atoms with Gasteiger partial charge in [-0.2, -0.15) is 14.8 Å². The third-order valence-corrected chi connectivity index (χ3v) is 4.64. The van der Waals surface area contributed by atoms with Crippen LogP contribution < -0.4 is 11.1 Å². The number of aryl methyl sites for hydroxylation is 1. The fourth-order valence-electron chi connectivity index (χ4n) is 3.31. The standard InChI is InChI=1S/C18H13N7O4/c19-7-8-1-3-10-9(5-8)2-4-11(10)21-16(27)12-6-13(17(28)29)25-18(22-12)23-15(24-25)14(20)26/h1,3,5-6,11H,2,4H2,(H2,20,26)(H,21,27)(H,28,29)/t11-/m0/s1. The number of fused-ring (bicyclic) bond motifs is 2. The molecule has 0 fully saturated rings. The van der Waals surface area contributed by atoms with Crippen LogP contribution in [0, 0.1) is 11.3 Å². The van der Waals surface area contributed by atoms with Crippen molar-refractivity contribution in [2.45, 2.75) is 18.9 Å². The third-order valence-electron chi connectivity index (χ3n) is 4.64. The number of nitriles is 1. The minimum atomic E-state index is -1.37. The van der Waals surface area contributed by atoms with Gasteiger partial charge in [0.25, 0.3) is 17.6 Å².